The van der Waals surface area contributed by atoms with Crippen LogP contribution in [-0.2, 0) is 17.8 Å². The Hall–Kier alpha value is -0.840. The highest BCUT2D eigenvalue weighted by molar-refractivity contribution is 5.16. The molecule has 1 aromatic rings. The molecule has 0 radical (unpaired) electrons. The van der Waals surface area contributed by atoms with E-state index >= 15 is 0 Å². The van der Waals surface area contributed by atoms with Crippen molar-refractivity contribution >= 4 is 0 Å². The largest absolute Gasteiger partial charge is 0.468 e. The van der Waals surface area contributed by atoms with E-state index in [2.05, 4.69) is 16.3 Å². The third kappa shape index (κ3) is 3.57. The third-order valence-electron chi connectivity index (χ3n) is 3.58. The van der Waals surface area contributed by atoms with Gasteiger partial charge < -0.3 is 14.5 Å². The number of rotatable bonds is 6. The van der Waals surface area contributed by atoms with Crippen molar-refractivity contribution in [3.05, 3.63) is 23.7 Å². The second-order valence-electron chi connectivity index (χ2n) is 5.10. The van der Waals surface area contributed by atoms with Crippen LogP contribution in [-0.4, -0.2) is 38.8 Å². The van der Waals surface area contributed by atoms with E-state index < -0.39 is 0 Å². The molecule has 1 N–H and O–H groups in total. The van der Waals surface area contributed by atoms with Crippen molar-refractivity contribution in [2.24, 2.45) is 5.92 Å². The summed E-state index contributed by atoms with van der Waals surface area (Å²) < 4.78 is 10.9. The summed E-state index contributed by atoms with van der Waals surface area (Å²) in [7, 11) is 3.75. The predicted octanol–water partition coefficient (Wildman–Crippen LogP) is 1.86. The van der Waals surface area contributed by atoms with Crippen LogP contribution in [0, 0.1) is 5.92 Å². The lowest BCUT2D eigenvalue weighted by Crippen LogP contribution is -2.36. The van der Waals surface area contributed by atoms with Crippen LogP contribution in [0.15, 0.2) is 16.7 Å². The van der Waals surface area contributed by atoms with Gasteiger partial charge in [-0.3, -0.25) is 4.90 Å². The number of likely N-dealkylation sites (tertiary alicyclic amines) is 1. The SMILES string of the molecule is CNCc1ccoc1CN1CCCC(COC)C1. The molecule has 0 amide bonds. The van der Waals surface area contributed by atoms with Crippen molar-refractivity contribution < 1.29 is 9.15 Å². The number of nitrogens with zero attached hydrogens (tertiary/aromatic N) is 1. The molecule has 0 aliphatic carbocycles. The van der Waals surface area contributed by atoms with Gasteiger partial charge in [0.1, 0.15) is 5.76 Å². The number of nitrogens with one attached hydrogen (secondary N) is 1. The van der Waals surface area contributed by atoms with Gasteiger partial charge in [-0.05, 0) is 38.4 Å². The number of furan rings is 1. The monoisotopic (exact) mass is 252 g/mol. The van der Waals surface area contributed by atoms with Crippen LogP contribution in [0.25, 0.3) is 0 Å². The molecule has 1 atom stereocenters. The molecular formula is C14H24N2O2. The lowest BCUT2D eigenvalue weighted by Gasteiger charge is -2.31. The second kappa shape index (κ2) is 6.92. The van der Waals surface area contributed by atoms with E-state index in [9.17, 15) is 0 Å². The van der Waals surface area contributed by atoms with Crippen molar-refractivity contribution in [2.45, 2.75) is 25.9 Å². The van der Waals surface area contributed by atoms with E-state index in [-0.39, 0.29) is 0 Å². The van der Waals surface area contributed by atoms with Crippen molar-refractivity contribution in [1.29, 1.82) is 0 Å². The van der Waals surface area contributed by atoms with Gasteiger partial charge in [-0.15, -0.1) is 0 Å². The number of piperidine rings is 1. The molecule has 1 aromatic heterocycles. The molecule has 2 heterocycles. The maximum atomic E-state index is 5.60. The highest BCUT2D eigenvalue weighted by Gasteiger charge is 2.21. The first-order valence-corrected chi connectivity index (χ1v) is 6.74. The molecule has 4 heteroatoms. The van der Waals surface area contributed by atoms with E-state index in [4.69, 9.17) is 9.15 Å². The molecule has 2 rings (SSSR count). The van der Waals surface area contributed by atoms with Crippen molar-refractivity contribution in [3.63, 3.8) is 0 Å². The molecule has 0 saturated carbocycles. The van der Waals surface area contributed by atoms with Crippen LogP contribution in [0.3, 0.4) is 0 Å². The molecule has 1 unspecified atom stereocenters. The van der Waals surface area contributed by atoms with E-state index in [0.29, 0.717) is 5.92 Å². The summed E-state index contributed by atoms with van der Waals surface area (Å²) >= 11 is 0. The number of hydrogen-bond donors (Lipinski definition) is 1. The van der Waals surface area contributed by atoms with Gasteiger partial charge in [0.15, 0.2) is 0 Å². The van der Waals surface area contributed by atoms with Gasteiger partial charge in [0.05, 0.1) is 19.4 Å². The average Bonchev–Trinajstić information content (AvgIpc) is 2.78. The molecule has 4 nitrogen and oxygen atoms in total. The number of ether oxygens (including phenoxy) is 1. The first kappa shape index (κ1) is 13.6. The molecular weight excluding hydrogens is 228 g/mol. The van der Waals surface area contributed by atoms with Crippen LogP contribution < -0.4 is 5.32 Å². The lowest BCUT2D eigenvalue weighted by molar-refractivity contribution is 0.0838. The van der Waals surface area contributed by atoms with Gasteiger partial charge in [-0.25, -0.2) is 0 Å². The van der Waals surface area contributed by atoms with E-state index in [1.54, 1.807) is 13.4 Å². The Balaban J connectivity index is 1.89. The zero-order valence-electron chi connectivity index (χ0n) is 11.4. The molecule has 1 saturated heterocycles. The van der Waals surface area contributed by atoms with Gasteiger partial charge >= 0.3 is 0 Å². The topological polar surface area (TPSA) is 37.6 Å². The van der Waals surface area contributed by atoms with E-state index in [1.165, 1.54) is 24.9 Å². The Morgan fingerprint density at radius 2 is 2.44 bits per heavy atom. The summed E-state index contributed by atoms with van der Waals surface area (Å²) in [5.41, 5.74) is 1.27. The van der Waals surface area contributed by atoms with Crippen LogP contribution in [0.2, 0.25) is 0 Å². The summed E-state index contributed by atoms with van der Waals surface area (Å²) in [4.78, 5) is 2.48. The minimum atomic E-state index is 0.673. The van der Waals surface area contributed by atoms with Gasteiger partial charge in [-0.1, -0.05) is 0 Å². The molecule has 0 bridgehead atoms. The Labute approximate surface area is 109 Å². The minimum Gasteiger partial charge on any atom is -0.468 e. The maximum absolute atomic E-state index is 5.60. The number of methoxy groups -OCH3 is 1. The van der Waals surface area contributed by atoms with Crippen LogP contribution >= 0.6 is 0 Å². The average molecular weight is 252 g/mol. The van der Waals surface area contributed by atoms with E-state index in [1.807, 2.05) is 7.05 Å². The summed E-state index contributed by atoms with van der Waals surface area (Å²) in [6.07, 6.45) is 4.33. The number of hydrogen-bond acceptors (Lipinski definition) is 4. The van der Waals surface area contributed by atoms with Gasteiger partial charge in [0.25, 0.3) is 0 Å². The van der Waals surface area contributed by atoms with Crippen LogP contribution in [0.1, 0.15) is 24.2 Å². The smallest absolute Gasteiger partial charge is 0.122 e. The van der Waals surface area contributed by atoms with Crippen molar-refractivity contribution in [3.8, 4) is 0 Å². The Morgan fingerprint density at radius 1 is 1.56 bits per heavy atom. The Bertz CT molecular complexity index is 349. The highest BCUT2D eigenvalue weighted by Crippen LogP contribution is 2.20. The fourth-order valence-electron chi connectivity index (χ4n) is 2.72. The molecule has 102 valence electrons. The highest BCUT2D eigenvalue weighted by atomic mass is 16.5. The fourth-order valence-corrected chi connectivity index (χ4v) is 2.72. The molecule has 1 fully saturated rings. The quantitative estimate of drug-likeness (QED) is 0.838. The van der Waals surface area contributed by atoms with E-state index in [0.717, 1.165) is 32.0 Å². The summed E-state index contributed by atoms with van der Waals surface area (Å²) in [6.45, 7) is 4.96. The summed E-state index contributed by atoms with van der Waals surface area (Å²) in [5.74, 6) is 1.77. The van der Waals surface area contributed by atoms with Gasteiger partial charge in [-0.2, -0.15) is 0 Å². The molecule has 1 aliphatic rings. The second-order valence-corrected chi connectivity index (χ2v) is 5.10. The summed E-state index contributed by atoms with van der Waals surface area (Å²) in [5, 5.41) is 3.18. The van der Waals surface area contributed by atoms with Crippen LogP contribution in [0.4, 0.5) is 0 Å². The Kier molecular flexibility index (Phi) is 5.23. The summed E-state index contributed by atoms with van der Waals surface area (Å²) in [6, 6.07) is 2.06. The minimum absolute atomic E-state index is 0.673. The molecule has 0 aromatic carbocycles. The van der Waals surface area contributed by atoms with Gasteiger partial charge in [0, 0.05) is 25.8 Å². The standard InChI is InChI=1S/C14H24N2O2/c1-15-8-13-5-7-18-14(13)10-16-6-3-4-12(9-16)11-17-2/h5,7,12,15H,3-4,6,8-11H2,1-2H3. The normalized spacial score (nSPS) is 21.3. The lowest BCUT2D eigenvalue weighted by atomic mass is 9.99. The van der Waals surface area contributed by atoms with Crippen molar-refractivity contribution in [1.82, 2.24) is 10.2 Å². The zero-order chi connectivity index (χ0) is 12.8. The molecule has 18 heavy (non-hydrogen) atoms. The van der Waals surface area contributed by atoms with Crippen molar-refractivity contribution in [2.75, 3.05) is 33.9 Å². The molecule has 1 aliphatic heterocycles. The predicted molar refractivity (Wildman–Crippen MR) is 71.3 cm³/mol. The van der Waals surface area contributed by atoms with Crippen LogP contribution in [0.5, 0.6) is 0 Å². The Morgan fingerprint density at radius 3 is 3.22 bits per heavy atom. The van der Waals surface area contributed by atoms with Gasteiger partial charge in [0.2, 0.25) is 0 Å². The third-order valence-corrected chi connectivity index (χ3v) is 3.58. The maximum Gasteiger partial charge on any atom is 0.122 e. The zero-order valence-corrected chi connectivity index (χ0v) is 11.4. The first-order chi connectivity index (χ1) is 8.83. The molecule has 0 spiro atoms. The fraction of sp³-hybridized carbons (Fsp3) is 0.714. The first-order valence-electron chi connectivity index (χ1n) is 6.74.